The Morgan fingerprint density at radius 3 is 2.82 bits per heavy atom. The molecule has 1 aliphatic rings. The SMILES string of the molecule is O=C(Cc1csc(NC(=O)c2cccs2)n1)NCC1COc2ccccc2O1. The number of para-hydroxylation sites is 2. The molecule has 3 aromatic rings. The molecule has 1 atom stereocenters. The average molecular weight is 415 g/mol. The number of carbonyl (C=O) groups is 2. The number of rotatable bonds is 6. The van der Waals surface area contributed by atoms with E-state index >= 15 is 0 Å². The van der Waals surface area contributed by atoms with Gasteiger partial charge in [-0.3, -0.25) is 14.9 Å². The summed E-state index contributed by atoms with van der Waals surface area (Å²) < 4.78 is 11.4. The van der Waals surface area contributed by atoms with Gasteiger partial charge in [0.1, 0.15) is 12.7 Å². The van der Waals surface area contributed by atoms with Gasteiger partial charge in [0, 0.05) is 5.38 Å². The Labute approximate surface area is 169 Å². The second-order valence-electron chi connectivity index (χ2n) is 6.05. The highest BCUT2D eigenvalue weighted by Crippen LogP contribution is 2.30. The summed E-state index contributed by atoms with van der Waals surface area (Å²) in [7, 11) is 0. The second-order valence-corrected chi connectivity index (χ2v) is 7.86. The van der Waals surface area contributed by atoms with Crippen LogP contribution in [0, 0.1) is 0 Å². The van der Waals surface area contributed by atoms with Gasteiger partial charge in [0.15, 0.2) is 16.6 Å². The van der Waals surface area contributed by atoms with Crippen LogP contribution in [0.1, 0.15) is 15.4 Å². The van der Waals surface area contributed by atoms with Crippen LogP contribution in [0.5, 0.6) is 11.5 Å². The van der Waals surface area contributed by atoms with Gasteiger partial charge in [-0.1, -0.05) is 18.2 Å². The van der Waals surface area contributed by atoms with Crippen LogP contribution in [0.15, 0.2) is 47.2 Å². The zero-order valence-electron chi connectivity index (χ0n) is 14.7. The number of benzene rings is 1. The number of thiazole rings is 1. The van der Waals surface area contributed by atoms with Gasteiger partial charge in [-0.25, -0.2) is 4.98 Å². The maximum Gasteiger partial charge on any atom is 0.267 e. The molecule has 2 aromatic heterocycles. The van der Waals surface area contributed by atoms with E-state index < -0.39 is 0 Å². The molecule has 0 saturated carbocycles. The Kier molecular flexibility index (Phi) is 5.54. The lowest BCUT2D eigenvalue weighted by molar-refractivity contribution is -0.121. The molecule has 1 aliphatic heterocycles. The molecule has 1 aromatic carbocycles. The van der Waals surface area contributed by atoms with Gasteiger partial charge in [-0.2, -0.15) is 0 Å². The maximum atomic E-state index is 12.2. The summed E-state index contributed by atoms with van der Waals surface area (Å²) in [4.78, 5) is 29.1. The smallest absolute Gasteiger partial charge is 0.267 e. The first kappa shape index (κ1) is 18.5. The summed E-state index contributed by atoms with van der Waals surface area (Å²) in [5.74, 6) is 1.03. The van der Waals surface area contributed by atoms with Gasteiger partial charge < -0.3 is 14.8 Å². The largest absolute Gasteiger partial charge is 0.486 e. The number of amides is 2. The molecule has 9 heteroatoms. The predicted molar refractivity (Wildman–Crippen MR) is 107 cm³/mol. The van der Waals surface area contributed by atoms with E-state index in [4.69, 9.17) is 9.47 Å². The molecular formula is C19H17N3O4S2. The van der Waals surface area contributed by atoms with Crippen molar-refractivity contribution in [3.05, 3.63) is 57.7 Å². The van der Waals surface area contributed by atoms with Gasteiger partial charge in [0.25, 0.3) is 5.91 Å². The zero-order valence-corrected chi connectivity index (χ0v) is 16.3. The molecular weight excluding hydrogens is 398 g/mol. The van der Waals surface area contributed by atoms with E-state index in [2.05, 4.69) is 15.6 Å². The topological polar surface area (TPSA) is 89.6 Å². The van der Waals surface area contributed by atoms with Crippen LogP contribution in [-0.4, -0.2) is 36.1 Å². The molecule has 144 valence electrons. The van der Waals surface area contributed by atoms with Crippen molar-refractivity contribution in [2.45, 2.75) is 12.5 Å². The van der Waals surface area contributed by atoms with Gasteiger partial charge in [-0.05, 0) is 23.6 Å². The summed E-state index contributed by atoms with van der Waals surface area (Å²) in [5, 5.41) is 9.66. The highest BCUT2D eigenvalue weighted by molar-refractivity contribution is 7.14. The highest BCUT2D eigenvalue weighted by atomic mass is 32.1. The Hall–Kier alpha value is -2.91. The fraction of sp³-hybridized carbons (Fsp3) is 0.211. The van der Waals surface area contributed by atoms with E-state index in [9.17, 15) is 9.59 Å². The number of nitrogens with zero attached hydrogens (tertiary/aromatic N) is 1. The van der Waals surface area contributed by atoms with Crippen LogP contribution in [-0.2, 0) is 11.2 Å². The summed E-state index contributed by atoms with van der Waals surface area (Å²) in [6, 6.07) is 11.0. The molecule has 0 aliphatic carbocycles. The summed E-state index contributed by atoms with van der Waals surface area (Å²) in [6.45, 7) is 0.728. The first-order valence-corrected chi connectivity index (χ1v) is 10.4. The van der Waals surface area contributed by atoms with Crippen LogP contribution in [0.3, 0.4) is 0 Å². The Balaban J connectivity index is 1.24. The quantitative estimate of drug-likeness (QED) is 0.646. The Morgan fingerprint density at radius 1 is 1.14 bits per heavy atom. The molecule has 0 radical (unpaired) electrons. The first-order valence-electron chi connectivity index (χ1n) is 8.62. The van der Waals surface area contributed by atoms with Crippen molar-refractivity contribution in [2.24, 2.45) is 0 Å². The normalized spacial score (nSPS) is 15.1. The Bertz CT molecular complexity index is 971. The summed E-state index contributed by atoms with van der Waals surface area (Å²) in [6.07, 6.45) is -0.106. The number of carbonyl (C=O) groups excluding carboxylic acids is 2. The molecule has 4 rings (SSSR count). The number of anilines is 1. The van der Waals surface area contributed by atoms with Crippen molar-refractivity contribution < 1.29 is 19.1 Å². The van der Waals surface area contributed by atoms with Crippen molar-refractivity contribution in [3.63, 3.8) is 0 Å². The standard InChI is InChI=1S/C19H17N3O4S2/c23-17(20-9-13-10-25-14-4-1-2-5-15(14)26-13)8-12-11-28-19(21-12)22-18(24)16-6-3-7-27-16/h1-7,11,13H,8-10H2,(H,20,23)(H,21,22,24). The maximum absolute atomic E-state index is 12.2. The number of hydrogen-bond acceptors (Lipinski definition) is 7. The van der Waals surface area contributed by atoms with Gasteiger partial charge in [-0.15, -0.1) is 22.7 Å². The molecule has 0 bridgehead atoms. The van der Waals surface area contributed by atoms with Crippen LogP contribution in [0.4, 0.5) is 5.13 Å². The number of thiophene rings is 1. The predicted octanol–water partition coefficient (Wildman–Crippen LogP) is 2.96. The number of aromatic nitrogens is 1. The van der Waals surface area contributed by atoms with Crippen LogP contribution in [0.2, 0.25) is 0 Å². The molecule has 2 amide bonds. The van der Waals surface area contributed by atoms with Crippen molar-refractivity contribution in [3.8, 4) is 11.5 Å². The molecule has 0 saturated heterocycles. The van der Waals surface area contributed by atoms with E-state index in [1.165, 1.54) is 22.7 Å². The fourth-order valence-corrected chi connectivity index (χ4v) is 3.95. The number of fused-ring (bicyclic) bond motifs is 1. The van der Waals surface area contributed by atoms with Crippen molar-refractivity contribution in [1.82, 2.24) is 10.3 Å². The van der Waals surface area contributed by atoms with E-state index in [0.717, 1.165) is 0 Å². The third-order valence-corrected chi connectivity index (χ3v) is 5.63. The van der Waals surface area contributed by atoms with Gasteiger partial charge in [0.05, 0.1) is 23.5 Å². The van der Waals surface area contributed by atoms with Crippen LogP contribution in [0.25, 0.3) is 0 Å². The third-order valence-electron chi connectivity index (χ3n) is 3.95. The number of hydrogen-bond donors (Lipinski definition) is 2. The first-order chi connectivity index (χ1) is 13.7. The minimum absolute atomic E-state index is 0.134. The minimum Gasteiger partial charge on any atom is -0.486 e. The highest BCUT2D eigenvalue weighted by Gasteiger charge is 2.21. The van der Waals surface area contributed by atoms with E-state index in [-0.39, 0.29) is 24.3 Å². The molecule has 3 heterocycles. The van der Waals surface area contributed by atoms with E-state index in [0.29, 0.717) is 40.4 Å². The monoisotopic (exact) mass is 415 g/mol. The fourth-order valence-electron chi connectivity index (χ4n) is 2.63. The van der Waals surface area contributed by atoms with Crippen molar-refractivity contribution in [1.29, 1.82) is 0 Å². The number of ether oxygens (including phenoxy) is 2. The molecule has 2 N–H and O–H groups in total. The lowest BCUT2D eigenvalue weighted by Crippen LogP contribution is -2.41. The minimum atomic E-state index is -0.241. The van der Waals surface area contributed by atoms with E-state index in [1.807, 2.05) is 35.7 Å². The van der Waals surface area contributed by atoms with Crippen molar-refractivity contribution >= 4 is 39.6 Å². The Morgan fingerprint density at radius 2 is 2.00 bits per heavy atom. The molecule has 1 unspecified atom stereocenters. The van der Waals surface area contributed by atoms with Crippen LogP contribution < -0.4 is 20.1 Å². The molecule has 0 fully saturated rings. The molecule has 28 heavy (non-hydrogen) atoms. The molecule has 0 spiro atoms. The molecule has 7 nitrogen and oxygen atoms in total. The second kappa shape index (κ2) is 8.41. The zero-order chi connectivity index (χ0) is 19.3. The van der Waals surface area contributed by atoms with E-state index in [1.54, 1.807) is 11.4 Å². The lowest BCUT2D eigenvalue weighted by Gasteiger charge is -2.26. The number of nitrogens with one attached hydrogen (secondary N) is 2. The lowest BCUT2D eigenvalue weighted by atomic mass is 10.2. The van der Waals surface area contributed by atoms with Crippen LogP contribution >= 0.6 is 22.7 Å². The van der Waals surface area contributed by atoms with Gasteiger partial charge in [0.2, 0.25) is 5.91 Å². The average Bonchev–Trinajstić information content (AvgIpc) is 3.38. The summed E-state index contributed by atoms with van der Waals surface area (Å²) in [5.41, 5.74) is 0.607. The van der Waals surface area contributed by atoms with Gasteiger partial charge >= 0.3 is 0 Å². The third kappa shape index (κ3) is 4.49. The summed E-state index contributed by atoms with van der Waals surface area (Å²) >= 11 is 2.65. The van der Waals surface area contributed by atoms with Crippen molar-refractivity contribution in [2.75, 3.05) is 18.5 Å².